The van der Waals surface area contributed by atoms with Crippen LogP contribution in [0.5, 0.6) is 0 Å². The Balaban J connectivity index is 1.06. The number of fused-ring (bicyclic) bond motifs is 4. The van der Waals surface area contributed by atoms with Crippen molar-refractivity contribution in [3.8, 4) is 33.4 Å². The zero-order valence-electron chi connectivity index (χ0n) is 45.3. The Morgan fingerprint density at radius 2 is 0.525 bits per heavy atom. The number of aryl methyl sites for hydroxylation is 4. The Kier molecular flexibility index (Phi) is 11.1. The number of anilines is 6. The van der Waals surface area contributed by atoms with E-state index in [0.29, 0.717) is 0 Å². The van der Waals surface area contributed by atoms with Crippen molar-refractivity contribution in [2.75, 3.05) is 9.80 Å². The van der Waals surface area contributed by atoms with Crippen molar-refractivity contribution < 1.29 is 0 Å². The Labute approximate surface area is 467 Å². The van der Waals surface area contributed by atoms with E-state index in [1.165, 1.54) is 120 Å². The summed E-state index contributed by atoms with van der Waals surface area (Å²) >= 11 is 0. The molecule has 2 nitrogen and oxygen atoms in total. The quantitative estimate of drug-likeness (QED) is 0.105. The van der Waals surface area contributed by atoms with Crippen molar-refractivity contribution in [3.05, 3.63) is 289 Å². The highest BCUT2D eigenvalue weighted by Crippen LogP contribution is 2.53. The van der Waals surface area contributed by atoms with Crippen LogP contribution in [0.25, 0.3) is 109 Å². The van der Waals surface area contributed by atoms with E-state index in [2.05, 4.69) is 304 Å². The summed E-state index contributed by atoms with van der Waals surface area (Å²) in [5.74, 6) is 0. The molecule has 0 N–H and O–H groups in total. The van der Waals surface area contributed by atoms with E-state index < -0.39 is 0 Å². The fourth-order valence-electron chi connectivity index (χ4n) is 13.0. The van der Waals surface area contributed by atoms with Crippen LogP contribution in [0.2, 0.25) is 0 Å². The van der Waals surface area contributed by atoms with E-state index in [0.717, 1.165) is 45.3 Å². The summed E-state index contributed by atoms with van der Waals surface area (Å²) in [5.41, 5.74) is 18.8. The smallest absolute Gasteiger partial charge is 0.0618 e. The molecule has 0 aliphatic carbocycles. The van der Waals surface area contributed by atoms with Gasteiger partial charge in [-0.05, 0) is 182 Å². The second kappa shape index (κ2) is 18.9. The third-order valence-electron chi connectivity index (χ3n) is 16.8. The molecule has 0 spiro atoms. The fraction of sp³-hybridized carbons (Fsp3) is 0.0513. The summed E-state index contributed by atoms with van der Waals surface area (Å²) in [4.78, 5) is 4.94. The molecule has 80 heavy (non-hydrogen) atoms. The molecule has 0 saturated heterocycles. The largest absolute Gasteiger partial charge is 0.309 e. The Morgan fingerprint density at radius 3 is 0.887 bits per heavy atom. The summed E-state index contributed by atoms with van der Waals surface area (Å²) < 4.78 is 0. The molecule has 15 aromatic carbocycles. The Hall–Kier alpha value is -10.0. The molecule has 0 aromatic heterocycles. The molecule has 15 rings (SSSR count). The van der Waals surface area contributed by atoms with Crippen molar-refractivity contribution in [1.29, 1.82) is 0 Å². The van der Waals surface area contributed by atoms with Crippen molar-refractivity contribution in [2.45, 2.75) is 27.7 Å². The van der Waals surface area contributed by atoms with E-state index in [1.54, 1.807) is 0 Å². The average molecular weight is 1020 g/mol. The van der Waals surface area contributed by atoms with Gasteiger partial charge in [0.25, 0.3) is 0 Å². The molecule has 0 amide bonds. The first-order valence-corrected chi connectivity index (χ1v) is 27.9. The zero-order chi connectivity index (χ0) is 53.6. The highest BCUT2D eigenvalue weighted by molar-refractivity contribution is 6.28. The minimum Gasteiger partial charge on any atom is -0.309 e. The number of hydrogen-bond acceptors (Lipinski definition) is 2. The maximum absolute atomic E-state index is 2.50. The van der Waals surface area contributed by atoms with Crippen LogP contribution in [0.1, 0.15) is 22.3 Å². The number of nitrogens with zero attached hydrogens (tertiary/aromatic N) is 2. The first-order chi connectivity index (χ1) is 39.3. The van der Waals surface area contributed by atoms with Crippen LogP contribution in [0.3, 0.4) is 0 Å². The van der Waals surface area contributed by atoms with Gasteiger partial charge in [-0.3, -0.25) is 0 Å². The molecular formula is C78H56N2. The molecule has 2 heteroatoms. The van der Waals surface area contributed by atoms with Crippen molar-refractivity contribution >= 4 is 110 Å². The predicted octanol–water partition coefficient (Wildman–Crippen LogP) is 22.4. The van der Waals surface area contributed by atoms with Crippen LogP contribution < -0.4 is 9.80 Å². The van der Waals surface area contributed by atoms with E-state index in [9.17, 15) is 0 Å². The second-order valence-corrected chi connectivity index (χ2v) is 21.9. The van der Waals surface area contributed by atoms with Crippen molar-refractivity contribution in [3.63, 3.8) is 0 Å². The van der Waals surface area contributed by atoms with Gasteiger partial charge in [0, 0.05) is 44.3 Å². The molecule has 0 saturated carbocycles. The molecule has 378 valence electrons. The van der Waals surface area contributed by atoms with Crippen LogP contribution in [0.4, 0.5) is 34.1 Å². The average Bonchev–Trinajstić information content (AvgIpc) is 3.68. The van der Waals surface area contributed by atoms with Crippen LogP contribution in [-0.2, 0) is 0 Å². The standard InChI is InChI=1S/C78H56N2/c1-49-24-36-59(37-25-49)79(60-38-26-50(2)27-39-60)77-69-20-9-5-16-64(69)74(65-17-6-10-21-70(65)77)57-46-56(63-44-34-55-33-32-53-14-13-15-54-35-45-68(63)76(55)73(53)54)47-58(48-57)75-66-18-7-11-22-71(66)78(72-23-12-8-19-67(72)75)80(61-40-28-51(3)29-41-61)62-42-30-52(4)31-43-62/h5-48H,1-4H3. The molecule has 15 aromatic rings. The SMILES string of the molecule is Cc1ccc(N(c2ccc(C)cc2)c2c3ccccc3c(-c3cc(-c4c5ccccc5c(N(c5ccc(C)cc5)c5ccc(C)cc5)c5ccccc45)cc(-c4ccc5ccc6cccc7ccc4c5c67)c3)c3ccccc23)cc1. The van der Waals surface area contributed by atoms with Gasteiger partial charge in [-0.25, -0.2) is 0 Å². The molecule has 0 heterocycles. The van der Waals surface area contributed by atoms with Gasteiger partial charge in [-0.1, -0.05) is 222 Å². The van der Waals surface area contributed by atoms with Gasteiger partial charge >= 0.3 is 0 Å². The Bertz CT molecular complexity index is 4440. The first kappa shape index (κ1) is 47.2. The lowest BCUT2D eigenvalue weighted by molar-refractivity contribution is 1.29. The van der Waals surface area contributed by atoms with Crippen LogP contribution in [-0.4, -0.2) is 0 Å². The van der Waals surface area contributed by atoms with Crippen LogP contribution >= 0.6 is 0 Å². The van der Waals surface area contributed by atoms with Gasteiger partial charge < -0.3 is 9.80 Å². The normalized spacial score (nSPS) is 11.8. The number of benzene rings is 15. The highest BCUT2D eigenvalue weighted by Gasteiger charge is 2.26. The fourth-order valence-corrected chi connectivity index (χ4v) is 13.0. The summed E-state index contributed by atoms with van der Waals surface area (Å²) in [6.07, 6.45) is 0. The topological polar surface area (TPSA) is 6.48 Å². The molecular weight excluding hydrogens is 965 g/mol. The van der Waals surface area contributed by atoms with Gasteiger partial charge in [0.15, 0.2) is 0 Å². The van der Waals surface area contributed by atoms with E-state index in [4.69, 9.17) is 0 Å². The van der Waals surface area contributed by atoms with E-state index >= 15 is 0 Å². The molecule has 0 aliphatic heterocycles. The summed E-state index contributed by atoms with van der Waals surface area (Å²) in [7, 11) is 0. The van der Waals surface area contributed by atoms with Crippen LogP contribution in [0, 0.1) is 27.7 Å². The number of rotatable bonds is 9. The van der Waals surface area contributed by atoms with Gasteiger partial charge in [0.1, 0.15) is 0 Å². The molecule has 0 aliphatic rings. The third kappa shape index (κ3) is 7.70. The van der Waals surface area contributed by atoms with Crippen molar-refractivity contribution in [2.24, 2.45) is 0 Å². The lowest BCUT2D eigenvalue weighted by atomic mass is 9.83. The highest BCUT2D eigenvalue weighted by atomic mass is 15.2. The molecule has 0 fully saturated rings. The molecule has 0 unspecified atom stereocenters. The summed E-state index contributed by atoms with van der Waals surface area (Å²) in [6, 6.07) is 100. The monoisotopic (exact) mass is 1020 g/mol. The maximum atomic E-state index is 2.50. The lowest BCUT2D eigenvalue weighted by Crippen LogP contribution is -2.11. The first-order valence-electron chi connectivity index (χ1n) is 27.9. The molecule has 0 bridgehead atoms. The summed E-state index contributed by atoms with van der Waals surface area (Å²) in [6.45, 7) is 8.65. The minimum absolute atomic E-state index is 1.12. The predicted molar refractivity (Wildman–Crippen MR) is 345 cm³/mol. The van der Waals surface area contributed by atoms with Gasteiger partial charge in [0.2, 0.25) is 0 Å². The minimum atomic E-state index is 1.12. The Morgan fingerprint density at radius 1 is 0.225 bits per heavy atom. The number of hydrogen-bond donors (Lipinski definition) is 0. The zero-order valence-corrected chi connectivity index (χ0v) is 45.3. The second-order valence-electron chi connectivity index (χ2n) is 21.9. The van der Waals surface area contributed by atoms with Gasteiger partial charge in [0.05, 0.1) is 11.4 Å². The van der Waals surface area contributed by atoms with E-state index in [1.807, 2.05) is 0 Å². The van der Waals surface area contributed by atoms with Gasteiger partial charge in [-0.15, -0.1) is 0 Å². The van der Waals surface area contributed by atoms with E-state index in [-0.39, 0.29) is 0 Å². The third-order valence-corrected chi connectivity index (χ3v) is 16.8. The molecule has 0 atom stereocenters. The van der Waals surface area contributed by atoms with Crippen LogP contribution in [0.15, 0.2) is 267 Å². The lowest BCUT2D eigenvalue weighted by Gasteiger charge is -2.30. The summed E-state index contributed by atoms with van der Waals surface area (Å²) in [5, 5.41) is 17.2. The van der Waals surface area contributed by atoms with Gasteiger partial charge in [-0.2, -0.15) is 0 Å². The maximum Gasteiger partial charge on any atom is 0.0618 e. The van der Waals surface area contributed by atoms with Crippen molar-refractivity contribution in [1.82, 2.24) is 0 Å². The molecule has 0 radical (unpaired) electrons.